The molecule has 0 amide bonds. The van der Waals surface area contributed by atoms with Gasteiger partial charge in [0.25, 0.3) is 0 Å². The molecule has 0 spiro atoms. The summed E-state index contributed by atoms with van der Waals surface area (Å²) >= 11 is 0. The second kappa shape index (κ2) is 5.10. The number of rotatable bonds is 3. The molecule has 0 saturated carbocycles. The molecule has 2 heterocycles. The summed E-state index contributed by atoms with van der Waals surface area (Å²) in [4.78, 5) is 2.58. The Balaban J connectivity index is 1.64. The van der Waals surface area contributed by atoms with Crippen LogP contribution in [0.2, 0.25) is 0 Å². The van der Waals surface area contributed by atoms with Crippen molar-refractivity contribution in [1.29, 1.82) is 0 Å². The number of hydrogen-bond donors (Lipinski definition) is 1. The zero-order valence-corrected chi connectivity index (χ0v) is 9.17. The first-order valence-electron chi connectivity index (χ1n) is 5.88. The molecule has 2 aliphatic rings. The van der Waals surface area contributed by atoms with Crippen LogP contribution in [0.1, 0.15) is 19.8 Å². The predicted octanol–water partition coefficient (Wildman–Crippen LogP) is 0.707. The molecule has 2 fully saturated rings. The highest BCUT2D eigenvalue weighted by atomic mass is 16.5. The summed E-state index contributed by atoms with van der Waals surface area (Å²) in [6, 6.07) is 0.670. The maximum Gasteiger partial charge on any atom is 0.0495 e. The summed E-state index contributed by atoms with van der Waals surface area (Å²) in [5.41, 5.74) is 0. The number of nitrogens with zero attached hydrogens (tertiary/aromatic N) is 1. The van der Waals surface area contributed by atoms with E-state index in [1.54, 1.807) is 0 Å². The topological polar surface area (TPSA) is 24.5 Å². The normalized spacial score (nSPS) is 34.9. The van der Waals surface area contributed by atoms with Gasteiger partial charge >= 0.3 is 0 Å². The van der Waals surface area contributed by atoms with Gasteiger partial charge in [0.15, 0.2) is 0 Å². The molecule has 1 unspecified atom stereocenters. The second-order valence-electron chi connectivity index (χ2n) is 4.67. The summed E-state index contributed by atoms with van der Waals surface area (Å²) < 4.78 is 5.39. The molecular formula is C11H22N2O. The van der Waals surface area contributed by atoms with E-state index in [1.165, 1.54) is 32.5 Å². The summed E-state index contributed by atoms with van der Waals surface area (Å²) in [6.45, 7) is 9.11. The van der Waals surface area contributed by atoms with E-state index in [9.17, 15) is 0 Å². The number of nitrogens with one attached hydrogen (secondary N) is 1. The molecule has 2 saturated heterocycles. The van der Waals surface area contributed by atoms with E-state index in [-0.39, 0.29) is 0 Å². The Bertz CT molecular complexity index is 169. The van der Waals surface area contributed by atoms with Gasteiger partial charge in [-0.2, -0.15) is 0 Å². The number of hydrogen-bond acceptors (Lipinski definition) is 3. The molecule has 2 aliphatic heterocycles. The van der Waals surface area contributed by atoms with Gasteiger partial charge in [0.1, 0.15) is 0 Å². The molecule has 14 heavy (non-hydrogen) atoms. The zero-order chi connectivity index (χ0) is 9.80. The van der Waals surface area contributed by atoms with E-state index >= 15 is 0 Å². The highest BCUT2D eigenvalue weighted by molar-refractivity contribution is 4.76. The molecule has 0 aliphatic carbocycles. The fourth-order valence-electron chi connectivity index (χ4n) is 2.39. The Labute approximate surface area is 86.8 Å². The van der Waals surface area contributed by atoms with Crippen LogP contribution in [-0.4, -0.2) is 50.3 Å². The average Bonchev–Trinajstić information content (AvgIpc) is 2.67. The quantitative estimate of drug-likeness (QED) is 0.723. The third-order valence-electron chi connectivity index (χ3n) is 3.33. The number of piperazine rings is 1. The third kappa shape index (κ3) is 2.94. The Hall–Kier alpha value is -0.120. The summed E-state index contributed by atoms with van der Waals surface area (Å²) in [5.74, 6) is 0.834. The van der Waals surface area contributed by atoms with Gasteiger partial charge in [-0.1, -0.05) is 0 Å². The van der Waals surface area contributed by atoms with E-state index in [0.717, 1.165) is 25.7 Å². The van der Waals surface area contributed by atoms with Crippen molar-refractivity contribution in [1.82, 2.24) is 10.2 Å². The first kappa shape index (κ1) is 10.4. The Morgan fingerprint density at radius 3 is 3.14 bits per heavy atom. The third-order valence-corrected chi connectivity index (χ3v) is 3.33. The molecule has 2 atom stereocenters. The van der Waals surface area contributed by atoms with E-state index in [2.05, 4.69) is 17.1 Å². The van der Waals surface area contributed by atoms with Crippen molar-refractivity contribution in [2.75, 3.05) is 39.4 Å². The summed E-state index contributed by atoms with van der Waals surface area (Å²) in [5, 5.41) is 3.47. The number of ether oxygens (including phenoxy) is 1. The van der Waals surface area contributed by atoms with E-state index < -0.39 is 0 Å². The Morgan fingerprint density at radius 1 is 1.50 bits per heavy atom. The van der Waals surface area contributed by atoms with Gasteiger partial charge in [0.05, 0.1) is 0 Å². The van der Waals surface area contributed by atoms with Crippen LogP contribution >= 0.6 is 0 Å². The molecule has 0 aromatic heterocycles. The lowest BCUT2D eigenvalue weighted by molar-refractivity contribution is 0.168. The first-order chi connectivity index (χ1) is 6.84. The maximum absolute atomic E-state index is 5.39. The molecule has 2 rings (SSSR count). The minimum Gasteiger partial charge on any atom is -0.381 e. The second-order valence-corrected chi connectivity index (χ2v) is 4.67. The van der Waals surface area contributed by atoms with Crippen LogP contribution in [0.3, 0.4) is 0 Å². The molecule has 3 heteroatoms. The SMILES string of the molecule is C[C@H]1CN(CCC2CCOC2)CCN1. The Morgan fingerprint density at radius 2 is 2.43 bits per heavy atom. The first-order valence-corrected chi connectivity index (χ1v) is 5.88. The van der Waals surface area contributed by atoms with Crippen LogP contribution in [-0.2, 0) is 4.74 Å². The molecule has 82 valence electrons. The van der Waals surface area contributed by atoms with Crippen molar-refractivity contribution in [3.8, 4) is 0 Å². The minimum atomic E-state index is 0.670. The van der Waals surface area contributed by atoms with Crippen LogP contribution in [0, 0.1) is 5.92 Å². The minimum absolute atomic E-state index is 0.670. The van der Waals surface area contributed by atoms with Gasteiger partial charge in [-0.15, -0.1) is 0 Å². The van der Waals surface area contributed by atoms with Crippen LogP contribution in [0.4, 0.5) is 0 Å². The molecular weight excluding hydrogens is 176 g/mol. The van der Waals surface area contributed by atoms with Gasteiger partial charge in [-0.05, 0) is 32.2 Å². The lowest BCUT2D eigenvalue weighted by Gasteiger charge is -2.32. The van der Waals surface area contributed by atoms with Gasteiger partial charge < -0.3 is 15.0 Å². The lowest BCUT2D eigenvalue weighted by Crippen LogP contribution is -2.49. The molecule has 0 aromatic rings. The van der Waals surface area contributed by atoms with Gasteiger partial charge in [0.2, 0.25) is 0 Å². The van der Waals surface area contributed by atoms with Crippen LogP contribution in [0.25, 0.3) is 0 Å². The van der Waals surface area contributed by atoms with Gasteiger partial charge in [0, 0.05) is 38.9 Å². The van der Waals surface area contributed by atoms with Crippen LogP contribution in [0.5, 0.6) is 0 Å². The van der Waals surface area contributed by atoms with E-state index in [0.29, 0.717) is 6.04 Å². The van der Waals surface area contributed by atoms with Gasteiger partial charge in [-0.25, -0.2) is 0 Å². The van der Waals surface area contributed by atoms with Gasteiger partial charge in [-0.3, -0.25) is 0 Å². The highest BCUT2D eigenvalue weighted by Crippen LogP contribution is 2.16. The largest absolute Gasteiger partial charge is 0.381 e. The van der Waals surface area contributed by atoms with Crippen molar-refractivity contribution in [2.24, 2.45) is 5.92 Å². The predicted molar refractivity (Wildman–Crippen MR) is 57.4 cm³/mol. The van der Waals surface area contributed by atoms with Crippen LogP contribution in [0.15, 0.2) is 0 Å². The zero-order valence-electron chi connectivity index (χ0n) is 9.17. The molecule has 1 N–H and O–H groups in total. The van der Waals surface area contributed by atoms with E-state index in [1.807, 2.05) is 0 Å². The summed E-state index contributed by atoms with van der Waals surface area (Å²) in [6.07, 6.45) is 2.61. The summed E-state index contributed by atoms with van der Waals surface area (Å²) in [7, 11) is 0. The molecule has 0 bridgehead atoms. The van der Waals surface area contributed by atoms with Crippen molar-refractivity contribution in [3.05, 3.63) is 0 Å². The highest BCUT2D eigenvalue weighted by Gasteiger charge is 2.19. The maximum atomic E-state index is 5.39. The molecule has 3 nitrogen and oxygen atoms in total. The molecule has 0 aromatic carbocycles. The fraction of sp³-hybridized carbons (Fsp3) is 1.00. The average molecular weight is 198 g/mol. The smallest absolute Gasteiger partial charge is 0.0495 e. The van der Waals surface area contributed by atoms with Crippen molar-refractivity contribution in [2.45, 2.75) is 25.8 Å². The molecule has 0 radical (unpaired) electrons. The van der Waals surface area contributed by atoms with Crippen molar-refractivity contribution in [3.63, 3.8) is 0 Å². The Kier molecular flexibility index (Phi) is 3.79. The van der Waals surface area contributed by atoms with Crippen molar-refractivity contribution < 1.29 is 4.74 Å². The van der Waals surface area contributed by atoms with E-state index in [4.69, 9.17) is 4.74 Å². The monoisotopic (exact) mass is 198 g/mol. The van der Waals surface area contributed by atoms with Crippen molar-refractivity contribution >= 4 is 0 Å². The fourth-order valence-corrected chi connectivity index (χ4v) is 2.39. The standard InChI is InChI=1S/C11H22N2O/c1-10-8-13(6-4-12-10)5-2-11-3-7-14-9-11/h10-12H,2-9H2,1H3/t10-,11?/m0/s1. The van der Waals surface area contributed by atoms with Crippen LogP contribution < -0.4 is 5.32 Å². The lowest BCUT2D eigenvalue weighted by atomic mass is 10.0.